The van der Waals surface area contributed by atoms with Crippen LogP contribution in [-0.2, 0) is 11.3 Å². The first-order valence-corrected chi connectivity index (χ1v) is 10.1. The van der Waals surface area contributed by atoms with E-state index in [-0.39, 0.29) is 11.8 Å². The second-order valence-corrected chi connectivity index (χ2v) is 7.71. The van der Waals surface area contributed by atoms with Gasteiger partial charge in [-0.15, -0.1) is 0 Å². The molecule has 1 saturated carbocycles. The maximum absolute atomic E-state index is 13.4. The lowest BCUT2D eigenvalue weighted by atomic mass is 9.88. The summed E-state index contributed by atoms with van der Waals surface area (Å²) in [5.41, 5.74) is 3.18. The summed E-state index contributed by atoms with van der Waals surface area (Å²) < 4.78 is 0. The molecule has 0 aliphatic heterocycles. The van der Waals surface area contributed by atoms with E-state index in [9.17, 15) is 4.79 Å². The number of carbonyl (C=O) groups excluding carboxylic acids is 1. The van der Waals surface area contributed by atoms with Gasteiger partial charge >= 0.3 is 0 Å². The molecule has 2 aromatic carbocycles. The predicted octanol–water partition coefficient (Wildman–Crippen LogP) is 5.45. The van der Waals surface area contributed by atoms with Crippen LogP contribution in [-0.4, -0.2) is 21.8 Å². The van der Waals surface area contributed by atoms with Gasteiger partial charge in [0.05, 0.1) is 0 Å². The highest BCUT2D eigenvalue weighted by molar-refractivity contribution is 6.31. The van der Waals surface area contributed by atoms with Gasteiger partial charge in [0.25, 0.3) is 0 Å². The summed E-state index contributed by atoms with van der Waals surface area (Å²) in [5, 5.41) is 0.703. The molecule has 142 valence electrons. The van der Waals surface area contributed by atoms with E-state index in [1.54, 1.807) is 6.20 Å². The highest BCUT2D eigenvalue weighted by Gasteiger charge is 2.34. The van der Waals surface area contributed by atoms with Crippen molar-refractivity contribution in [3.05, 3.63) is 101 Å². The van der Waals surface area contributed by atoms with Crippen molar-refractivity contribution in [1.29, 1.82) is 0 Å². The van der Waals surface area contributed by atoms with Crippen LogP contribution in [0.5, 0.6) is 0 Å². The second-order valence-electron chi connectivity index (χ2n) is 7.30. The van der Waals surface area contributed by atoms with Crippen LogP contribution in [0.1, 0.15) is 41.9 Å². The molecule has 3 aromatic rings. The Hall–Kier alpha value is -2.65. The van der Waals surface area contributed by atoms with Crippen molar-refractivity contribution in [2.75, 3.05) is 0 Å². The number of aromatic nitrogens is 1. The van der Waals surface area contributed by atoms with Crippen LogP contribution in [0.25, 0.3) is 0 Å². The molecule has 4 heteroatoms. The molecule has 3 nitrogen and oxygen atoms in total. The third-order valence-corrected chi connectivity index (χ3v) is 5.59. The predicted molar refractivity (Wildman–Crippen MR) is 112 cm³/mol. The Labute approximate surface area is 171 Å². The van der Waals surface area contributed by atoms with Crippen molar-refractivity contribution in [1.82, 2.24) is 9.88 Å². The summed E-state index contributed by atoms with van der Waals surface area (Å²) >= 11 is 6.50. The molecule has 0 unspecified atom stereocenters. The fourth-order valence-corrected chi connectivity index (χ4v) is 3.91. The molecule has 1 aliphatic rings. The largest absolute Gasteiger partial charge is 0.335 e. The third-order valence-electron chi connectivity index (χ3n) is 5.25. The van der Waals surface area contributed by atoms with Gasteiger partial charge in [0, 0.05) is 42.3 Å². The number of pyridine rings is 1. The number of hydrogen-bond acceptors (Lipinski definition) is 2. The van der Waals surface area contributed by atoms with Crippen molar-refractivity contribution >= 4 is 17.5 Å². The zero-order chi connectivity index (χ0) is 19.3. The lowest BCUT2D eigenvalue weighted by Crippen LogP contribution is -2.33. The lowest BCUT2D eigenvalue weighted by Gasteiger charge is -2.26. The van der Waals surface area contributed by atoms with E-state index in [2.05, 4.69) is 17.1 Å². The maximum Gasteiger partial charge on any atom is 0.224 e. The van der Waals surface area contributed by atoms with E-state index in [0.29, 0.717) is 24.0 Å². The van der Waals surface area contributed by atoms with Crippen LogP contribution in [0.3, 0.4) is 0 Å². The fourth-order valence-electron chi connectivity index (χ4n) is 3.64. The highest BCUT2D eigenvalue weighted by Crippen LogP contribution is 2.35. The standard InChI is InChI=1S/C24H23ClN2O/c25-23-11-5-4-10-21(23)22(19-8-2-1-3-9-19)15-24(28)27(20-12-13-20)17-18-7-6-14-26-16-18/h1-11,14,16,20,22H,12-13,15,17H2/t22-/m0/s1. The Bertz CT molecular complexity index is 926. The monoisotopic (exact) mass is 390 g/mol. The molecule has 0 spiro atoms. The molecular weight excluding hydrogens is 368 g/mol. The van der Waals surface area contributed by atoms with E-state index in [1.807, 2.05) is 65.7 Å². The molecular formula is C24H23ClN2O. The van der Waals surface area contributed by atoms with E-state index in [4.69, 9.17) is 11.6 Å². The average Bonchev–Trinajstić information content (AvgIpc) is 3.57. The number of halogens is 1. The Kier molecular flexibility index (Phi) is 5.73. The lowest BCUT2D eigenvalue weighted by molar-refractivity contribution is -0.132. The minimum absolute atomic E-state index is 0.0578. The molecule has 0 radical (unpaired) electrons. The Morgan fingerprint density at radius 3 is 2.46 bits per heavy atom. The topological polar surface area (TPSA) is 33.2 Å². The van der Waals surface area contributed by atoms with Crippen molar-refractivity contribution in [2.45, 2.75) is 37.8 Å². The first kappa shape index (κ1) is 18.7. The molecule has 1 fully saturated rings. The van der Waals surface area contributed by atoms with Gasteiger partial charge in [-0.3, -0.25) is 9.78 Å². The van der Waals surface area contributed by atoms with Crippen LogP contribution in [0, 0.1) is 0 Å². The average molecular weight is 391 g/mol. The van der Waals surface area contributed by atoms with E-state index in [0.717, 1.165) is 29.5 Å². The van der Waals surface area contributed by atoms with Crippen LogP contribution < -0.4 is 0 Å². The summed E-state index contributed by atoms with van der Waals surface area (Å²) in [7, 11) is 0. The first-order chi connectivity index (χ1) is 13.7. The summed E-state index contributed by atoms with van der Waals surface area (Å²) in [6.45, 7) is 0.612. The van der Waals surface area contributed by atoms with Gasteiger partial charge in [0.1, 0.15) is 0 Å². The number of amides is 1. The van der Waals surface area contributed by atoms with Crippen molar-refractivity contribution in [3.8, 4) is 0 Å². The second kappa shape index (κ2) is 8.57. The summed E-state index contributed by atoms with van der Waals surface area (Å²) in [4.78, 5) is 19.6. The zero-order valence-corrected chi connectivity index (χ0v) is 16.4. The van der Waals surface area contributed by atoms with Gasteiger partial charge in [-0.25, -0.2) is 0 Å². The quantitative estimate of drug-likeness (QED) is 0.537. The molecule has 4 rings (SSSR count). The van der Waals surface area contributed by atoms with Gasteiger partial charge in [-0.1, -0.05) is 66.2 Å². The number of nitrogens with zero attached hydrogens (tertiary/aromatic N) is 2. The molecule has 0 bridgehead atoms. The minimum Gasteiger partial charge on any atom is -0.335 e. The first-order valence-electron chi connectivity index (χ1n) is 9.70. The maximum atomic E-state index is 13.4. The minimum atomic E-state index is -0.0578. The van der Waals surface area contributed by atoms with Gasteiger partial charge in [-0.2, -0.15) is 0 Å². The molecule has 0 N–H and O–H groups in total. The summed E-state index contributed by atoms with van der Waals surface area (Å²) in [5.74, 6) is 0.109. The smallest absolute Gasteiger partial charge is 0.224 e. The molecule has 0 saturated heterocycles. The van der Waals surface area contributed by atoms with Crippen LogP contribution >= 0.6 is 11.6 Å². The van der Waals surface area contributed by atoms with Gasteiger partial charge in [-0.05, 0) is 41.7 Å². The molecule has 1 heterocycles. The van der Waals surface area contributed by atoms with Crippen molar-refractivity contribution < 1.29 is 4.79 Å². The number of benzene rings is 2. The summed E-state index contributed by atoms with van der Waals surface area (Å²) in [6.07, 6.45) is 6.16. The van der Waals surface area contributed by atoms with Crippen molar-refractivity contribution in [3.63, 3.8) is 0 Å². The molecule has 28 heavy (non-hydrogen) atoms. The zero-order valence-electron chi connectivity index (χ0n) is 15.7. The van der Waals surface area contributed by atoms with Gasteiger partial charge in [0.2, 0.25) is 5.91 Å². The van der Waals surface area contributed by atoms with Crippen LogP contribution in [0.2, 0.25) is 5.02 Å². The van der Waals surface area contributed by atoms with Gasteiger partial charge in [0.15, 0.2) is 0 Å². The Morgan fingerprint density at radius 1 is 1.04 bits per heavy atom. The number of carbonyl (C=O) groups is 1. The van der Waals surface area contributed by atoms with E-state index in [1.165, 1.54) is 0 Å². The van der Waals surface area contributed by atoms with Crippen LogP contribution in [0.15, 0.2) is 79.1 Å². The molecule has 1 aromatic heterocycles. The third kappa shape index (κ3) is 4.42. The van der Waals surface area contributed by atoms with Crippen LogP contribution in [0.4, 0.5) is 0 Å². The fraction of sp³-hybridized carbons (Fsp3) is 0.250. The van der Waals surface area contributed by atoms with E-state index >= 15 is 0 Å². The number of rotatable bonds is 7. The van der Waals surface area contributed by atoms with E-state index < -0.39 is 0 Å². The van der Waals surface area contributed by atoms with Gasteiger partial charge < -0.3 is 4.90 Å². The van der Waals surface area contributed by atoms with Crippen molar-refractivity contribution in [2.24, 2.45) is 0 Å². The molecule has 1 atom stereocenters. The molecule has 1 aliphatic carbocycles. The summed E-state index contributed by atoms with van der Waals surface area (Å²) in [6, 6.07) is 22.3. The highest BCUT2D eigenvalue weighted by atomic mass is 35.5. The SMILES string of the molecule is O=C(C[C@@H](c1ccccc1)c1ccccc1Cl)N(Cc1cccnc1)C1CC1. The Morgan fingerprint density at radius 2 is 1.79 bits per heavy atom. The Balaban J connectivity index is 1.60. The normalized spacial score (nSPS) is 14.5. The number of hydrogen-bond donors (Lipinski definition) is 0. The molecule has 1 amide bonds.